The molecule has 0 radical (unpaired) electrons. The zero-order chi connectivity index (χ0) is 27.4. The molecule has 204 valence electrons. The number of Topliss-reactive ketones (excluding diaryl/α,β-unsaturated/α-hetero) is 1. The number of carbonyl (C=O) groups is 4. The monoisotopic (exact) mass is 512 g/mol. The summed E-state index contributed by atoms with van der Waals surface area (Å²) in [5, 5.41) is 22.9. The number of aliphatic hydroxyl groups is 2. The Bertz CT molecular complexity index is 861. The summed E-state index contributed by atoms with van der Waals surface area (Å²) in [4.78, 5) is 51.4. The van der Waals surface area contributed by atoms with Gasteiger partial charge in [-0.25, -0.2) is 4.79 Å². The van der Waals surface area contributed by atoms with E-state index in [0.29, 0.717) is 0 Å². The van der Waals surface area contributed by atoms with Crippen molar-refractivity contribution in [1.29, 1.82) is 0 Å². The first kappa shape index (κ1) is 29.9. The highest BCUT2D eigenvalue weighted by molar-refractivity contribution is 5.90. The minimum atomic E-state index is -2.21. The van der Waals surface area contributed by atoms with Gasteiger partial charge in [0.2, 0.25) is 0 Å². The van der Waals surface area contributed by atoms with E-state index in [1.165, 1.54) is 27.0 Å². The van der Waals surface area contributed by atoms with Crippen LogP contribution in [0.1, 0.15) is 60.8 Å². The van der Waals surface area contributed by atoms with E-state index < -0.39 is 71.5 Å². The van der Waals surface area contributed by atoms with Crippen molar-refractivity contribution >= 4 is 23.7 Å². The van der Waals surface area contributed by atoms with E-state index >= 15 is 0 Å². The number of allylic oxidation sites excluding steroid dienone is 1. The average Bonchev–Trinajstić information content (AvgIpc) is 3.12. The molecular weight excluding hydrogens is 472 g/mol. The van der Waals surface area contributed by atoms with E-state index in [4.69, 9.17) is 18.9 Å². The molecule has 2 fully saturated rings. The fourth-order valence-electron chi connectivity index (χ4n) is 4.78. The van der Waals surface area contributed by atoms with E-state index in [0.717, 1.165) is 0 Å². The van der Waals surface area contributed by atoms with Crippen LogP contribution in [0.4, 0.5) is 0 Å². The molecular formula is C26H40O10. The number of methoxy groups -OCH3 is 1. The summed E-state index contributed by atoms with van der Waals surface area (Å²) >= 11 is 0. The smallest absolute Gasteiger partial charge is 0.333 e. The van der Waals surface area contributed by atoms with Crippen molar-refractivity contribution in [1.82, 2.24) is 0 Å². The molecule has 2 rings (SSSR count). The number of hydrogen-bond donors (Lipinski definition) is 2. The van der Waals surface area contributed by atoms with E-state index in [1.807, 2.05) is 13.8 Å². The van der Waals surface area contributed by atoms with Crippen molar-refractivity contribution in [2.45, 2.75) is 90.8 Å². The van der Waals surface area contributed by atoms with Crippen molar-refractivity contribution in [3.63, 3.8) is 0 Å². The Labute approximate surface area is 212 Å². The second kappa shape index (κ2) is 12.3. The number of aliphatic hydroxyl groups excluding tert-OH is 1. The molecule has 1 saturated heterocycles. The quantitative estimate of drug-likeness (QED) is 0.294. The Morgan fingerprint density at radius 1 is 1.25 bits per heavy atom. The van der Waals surface area contributed by atoms with Crippen molar-refractivity contribution in [2.24, 2.45) is 23.7 Å². The van der Waals surface area contributed by atoms with Gasteiger partial charge in [0.25, 0.3) is 0 Å². The molecule has 0 unspecified atom stereocenters. The van der Waals surface area contributed by atoms with Gasteiger partial charge in [-0.2, -0.15) is 0 Å². The Hall–Kier alpha value is -2.30. The van der Waals surface area contributed by atoms with Gasteiger partial charge in [0, 0.05) is 31.4 Å². The Morgan fingerprint density at radius 3 is 2.44 bits per heavy atom. The van der Waals surface area contributed by atoms with Crippen molar-refractivity contribution in [3.05, 3.63) is 11.6 Å². The summed E-state index contributed by atoms with van der Waals surface area (Å²) in [5.74, 6) is -5.27. The number of ether oxygens (including phenoxy) is 4. The highest BCUT2D eigenvalue weighted by atomic mass is 16.6. The number of rotatable bonds is 7. The standard InChI is InChI=1S/C26H40O10/c1-8-14(4)24(30)36-23-22-19(16(12-33-7)25(31)35-22)20(29)21(34-18(28)11-13(2)3)15(5)9-10-17(27)26(23,6)32/h8,13,15-16,19-23,29,32H,9-12H2,1-7H3/b14-8-/t15-,16+,19-,20+,21-,22+,23-,26+/m1/s1. The minimum absolute atomic E-state index is 0.0187. The second-order valence-corrected chi connectivity index (χ2v) is 10.5. The van der Waals surface area contributed by atoms with Gasteiger partial charge < -0.3 is 29.2 Å². The van der Waals surface area contributed by atoms with Crippen LogP contribution in [0.5, 0.6) is 0 Å². The van der Waals surface area contributed by atoms with E-state index in [2.05, 4.69) is 0 Å². The van der Waals surface area contributed by atoms with Gasteiger partial charge in [0.05, 0.1) is 18.6 Å². The Balaban J connectivity index is 2.61. The summed E-state index contributed by atoms with van der Waals surface area (Å²) in [7, 11) is 1.38. The van der Waals surface area contributed by atoms with Gasteiger partial charge in [0.1, 0.15) is 12.2 Å². The van der Waals surface area contributed by atoms with Crippen LogP contribution in [0.15, 0.2) is 11.6 Å². The van der Waals surface area contributed by atoms with Crippen LogP contribution in [0.3, 0.4) is 0 Å². The molecule has 0 bridgehead atoms. The summed E-state index contributed by atoms with van der Waals surface area (Å²) in [6, 6.07) is 0. The lowest BCUT2D eigenvalue weighted by atomic mass is 9.73. The molecule has 1 heterocycles. The predicted octanol–water partition coefficient (Wildman–Crippen LogP) is 1.74. The minimum Gasteiger partial charge on any atom is -0.459 e. The Morgan fingerprint density at radius 2 is 1.89 bits per heavy atom. The molecule has 0 aromatic rings. The van der Waals surface area contributed by atoms with Crippen LogP contribution in [0, 0.1) is 23.7 Å². The molecule has 10 nitrogen and oxygen atoms in total. The Kier molecular flexibility index (Phi) is 10.2. The van der Waals surface area contributed by atoms with Crippen molar-refractivity contribution in [3.8, 4) is 0 Å². The first-order chi connectivity index (χ1) is 16.8. The molecule has 0 amide bonds. The normalized spacial score (nSPS) is 35.7. The zero-order valence-electron chi connectivity index (χ0n) is 22.2. The van der Waals surface area contributed by atoms with E-state index in [-0.39, 0.29) is 37.4 Å². The maximum Gasteiger partial charge on any atom is 0.333 e. The molecule has 1 aliphatic heterocycles. The highest BCUT2D eigenvalue weighted by Gasteiger charge is 2.60. The van der Waals surface area contributed by atoms with Crippen LogP contribution >= 0.6 is 0 Å². The summed E-state index contributed by atoms with van der Waals surface area (Å²) in [5.41, 5.74) is -1.99. The maximum absolute atomic E-state index is 13.2. The number of carbonyl (C=O) groups excluding carboxylic acids is 4. The van der Waals surface area contributed by atoms with Gasteiger partial charge in [-0.15, -0.1) is 0 Å². The molecule has 0 spiro atoms. The maximum atomic E-state index is 13.2. The fourth-order valence-corrected chi connectivity index (χ4v) is 4.78. The van der Waals surface area contributed by atoms with Gasteiger partial charge in [-0.3, -0.25) is 14.4 Å². The number of esters is 3. The molecule has 8 atom stereocenters. The van der Waals surface area contributed by atoms with Gasteiger partial charge in [0.15, 0.2) is 17.5 Å². The summed E-state index contributed by atoms with van der Waals surface area (Å²) in [6.07, 6.45) is -3.83. The third-order valence-electron chi connectivity index (χ3n) is 7.11. The highest BCUT2D eigenvalue weighted by Crippen LogP contribution is 2.42. The van der Waals surface area contributed by atoms with Gasteiger partial charge in [-0.1, -0.05) is 26.8 Å². The number of ketones is 1. The first-order valence-corrected chi connectivity index (χ1v) is 12.4. The van der Waals surface area contributed by atoms with Crippen LogP contribution in [-0.4, -0.2) is 77.6 Å². The number of fused-ring (bicyclic) bond motifs is 1. The SMILES string of the molecule is C/C=C(/C)C(=O)O[C@@H]1[C@H]2OC(=O)[C@@H](COC)[C@@H]2[C@H](O)[C@H](OC(=O)CC(C)C)[C@H](C)CCC(=O)[C@]1(C)O. The van der Waals surface area contributed by atoms with Crippen LogP contribution < -0.4 is 0 Å². The molecule has 0 aromatic carbocycles. The van der Waals surface area contributed by atoms with Crippen molar-refractivity contribution < 1.29 is 48.3 Å². The van der Waals surface area contributed by atoms with Gasteiger partial charge >= 0.3 is 17.9 Å². The second-order valence-electron chi connectivity index (χ2n) is 10.5. The van der Waals surface area contributed by atoms with Crippen LogP contribution in [-0.2, 0) is 38.1 Å². The third-order valence-corrected chi connectivity index (χ3v) is 7.11. The predicted molar refractivity (Wildman–Crippen MR) is 127 cm³/mol. The molecule has 1 saturated carbocycles. The lowest BCUT2D eigenvalue weighted by Crippen LogP contribution is -2.60. The largest absolute Gasteiger partial charge is 0.459 e. The fraction of sp³-hybridized carbons (Fsp3) is 0.769. The lowest BCUT2D eigenvalue weighted by molar-refractivity contribution is -0.195. The average molecular weight is 513 g/mol. The zero-order valence-corrected chi connectivity index (χ0v) is 22.2. The summed E-state index contributed by atoms with van der Waals surface area (Å²) < 4.78 is 22.0. The van der Waals surface area contributed by atoms with Crippen molar-refractivity contribution in [2.75, 3.05) is 13.7 Å². The molecule has 1 aliphatic carbocycles. The first-order valence-electron chi connectivity index (χ1n) is 12.4. The topological polar surface area (TPSA) is 146 Å². The van der Waals surface area contributed by atoms with E-state index in [1.54, 1.807) is 13.8 Å². The lowest BCUT2D eigenvalue weighted by Gasteiger charge is -2.41. The molecule has 36 heavy (non-hydrogen) atoms. The number of hydrogen-bond acceptors (Lipinski definition) is 10. The molecule has 10 heteroatoms. The summed E-state index contributed by atoms with van der Waals surface area (Å²) in [6.45, 7) is 9.65. The third kappa shape index (κ3) is 6.52. The molecule has 2 N–H and O–H groups in total. The van der Waals surface area contributed by atoms with Crippen LogP contribution in [0.2, 0.25) is 0 Å². The van der Waals surface area contributed by atoms with Crippen LogP contribution in [0.25, 0.3) is 0 Å². The van der Waals surface area contributed by atoms with Gasteiger partial charge in [-0.05, 0) is 39.0 Å². The molecule has 2 aliphatic rings. The molecule has 0 aromatic heterocycles. The van der Waals surface area contributed by atoms with E-state index in [9.17, 15) is 29.4 Å².